The first-order valence-electron chi connectivity index (χ1n) is 5.59. The maximum atomic E-state index is 6.14. The average Bonchev–Trinajstić information content (AvgIpc) is 2.61. The second-order valence-electron chi connectivity index (χ2n) is 4.10. The van der Waals surface area contributed by atoms with Crippen LogP contribution in [0.15, 0.2) is 11.4 Å². The lowest BCUT2D eigenvalue weighted by Crippen LogP contribution is -2.18. The molecule has 1 heterocycles. The lowest BCUT2D eigenvalue weighted by atomic mass is 9.96. The summed E-state index contributed by atoms with van der Waals surface area (Å²) in [6, 6.07) is 2.40. The highest BCUT2D eigenvalue weighted by Crippen LogP contribution is 2.32. The van der Waals surface area contributed by atoms with Gasteiger partial charge in [0.15, 0.2) is 0 Å². The van der Waals surface area contributed by atoms with Gasteiger partial charge in [-0.25, -0.2) is 0 Å². The van der Waals surface area contributed by atoms with Crippen molar-refractivity contribution >= 4 is 22.9 Å². The molecule has 2 unspecified atom stereocenters. The predicted octanol–water partition coefficient (Wildman–Crippen LogP) is 4.49. The fraction of sp³-hybridized carbons (Fsp3) is 0.667. The van der Waals surface area contributed by atoms with Gasteiger partial charge in [0, 0.05) is 10.9 Å². The Balaban J connectivity index is 2.60. The minimum absolute atomic E-state index is 0.416. The Kier molecular flexibility index (Phi) is 5.65. The zero-order valence-corrected chi connectivity index (χ0v) is 11.3. The van der Waals surface area contributed by atoms with Gasteiger partial charge in [0.2, 0.25) is 0 Å². The molecule has 86 valence electrons. The summed E-state index contributed by atoms with van der Waals surface area (Å²) >= 11 is 7.89. The Morgan fingerprint density at radius 1 is 1.53 bits per heavy atom. The van der Waals surface area contributed by atoms with Gasteiger partial charge in [-0.2, -0.15) is 0 Å². The topological polar surface area (TPSA) is 12.0 Å². The van der Waals surface area contributed by atoms with Gasteiger partial charge in [-0.05, 0) is 30.8 Å². The van der Waals surface area contributed by atoms with Gasteiger partial charge >= 0.3 is 0 Å². The minimum atomic E-state index is 0.416. The summed E-state index contributed by atoms with van der Waals surface area (Å²) in [7, 11) is 2.01. The number of rotatable bonds is 6. The summed E-state index contributed by atoms with van der Waals surface area (Å²) < 4.78 is 0. The van der Waals surface area contributed by atoms with E-state index in [1.54, 1.807) is 11.3 Å². The lowest BCUT2D eigenvalue weighted by molar-refractivity contribution is 0.410. The molecule has 1 nitrogen and oxygen atoms in total. The van der Waals surface area contributed by atoms with Crippen LogP contribution in [0.5, 0.6) is 0 Å². The van der Waals surface area contributed by atoms with E-state index >= 15 is 0 Å². The quantitative estimate of drug-likeness (QED) is 0.779. The molecule has 1 aromatic rings. The zero-order valence-electron chi connectivity index (χ0n) is 9.72. The largest absolute Gasteiger partial charge is 0.312 e. The van der Waals surface area contributed by atoms with Crippen LogP contribution in [-0.4, -0.2) is 7.05 Å². The van der Waals surface area contributed by atoms with E-state index in [4.69, 9.17) is 11.6 Å². The van der Waals surface area contributed by atoms with Crippen LogP contribution in [0.4, 0.5) is 0 Å². The first kappa shape index (κ1) is 13.0. The fourth-order valence-corrected chi connectivity index (χ4v) is 3.24. The molecule has 1 aromatic heterocycles. The highest BCUT2D eigenvalue weighted by atomic mass is 35.5. The molecule has 2 atom stereocenters. The van der Waals surface area contributed by atoms with Crippen molar-refractivity contribution in [1.29, 1.82) is 0 Å². The van der Waals surface area contributed by atoms with Crippen LogP contribution >= 0.6 is 22.9 Å². The number of halogens is 1. The molecule has 0 radical (unpaired) electrons. The summed E-state index contributed by atoms with van der Waals surface area (Å²) in [5.41, 5.74) is 0. The third kappa shape index (κ3) is 3.78. The van der Waals surface area contributed by atoms with Crippen molar-refractivity contribution in [2.75, 3.05) is 7.05 Å². The van der Waals surface area contributed by atoms with Crippen molar-refractivity contribution in [3.8, 4) is 0 Å². The second kappa shape index (κ2) is 6.51. The van der Waals surface area contributed by atoms with Crippen molar-refractivity contribution in [3.05, 3.63) is 21.3 Å². The highest BCUT2D eigenvalue weighted by molar-refractivity contribution is 7.10. The van der Waals surface area contributed by atoms with E-state index in [-0.39, 0.29) is 0 Å². The first-order valence-corrected chi connectivity index (χ1v) is 6.84. The Morgan fingerprint density at radius 2 is 2.27 bits per heavy atom. The number of hydrogen-bond donors (Lipinski definition) is 1. The van der Waals surface area contributed by atoms with Crippen LogP contribution in [0, 0.1) is 5.92 Å². The number of hydrogen-bond acceptors (Lipinski definition) is 2. The predicted molar refractivity (Wildman–Crippen MR) is 69.8 cm³/mol. The van der Waals surface area contributed by atoms with Gasteiger partial charge in [0.05, 0.1) is 5.02 Å². The molecule has 0 aromatic carbocycles. The maximum Gasteiger partial charge on any atom is 0.0561 e. The SMILES string of the molecule is CCCC(C)CC(NC)c1sccc1Cl. The van der Waals surface area contributed by atoms with E-state index in [1.807, 2.05) is 13.1 Å². The van der Waals surface area contributed by atoms with Gasteiger partial charge in [0.1, 0.15) is 0 Å². The lowest BCUT2D eigenvalue weighted by Gasteiger charge is -2.19. The van der Waals surface area contributed by atoms with Crippen molar-refractivity contribution in [2.24, 2.45) is 5.92 Å². The van der Waals surface area contributed by atoms with E-state index in [0.29, 0.717) is 6.04 Å². The van der Waals surface area contributed by atoms with Gasteiger partial charge in [-0.3, -0.25) is 0 Å². The van der Waals surface area contributed by atoms with Gasteiger partial charge in [-0.15, -0.1) is 11.3 Å². The molecular weight excluding hydrogens is 226 g/mol. The Labute approximate surface area is 102 Å². The molecule has 0 fully saturated rings. The van der Waals surface area contributed by atoms with Crippen molar-refractivity contribution < 1.29 is 0 Å². The first-order chi connectivity index (χ1) is 7.19. The molecule has 0 saturated carbocycles. The monoisotopic (exact) mass is 245 g/mol. The Morgan fingerprint density at radius 3 is 2.73 bits per heavy atom. The van der Waals surface area contributed by atoms with Crippen molar-refractivity contribution in [1.82, 2.24) is 5.32 Å². The molecule has 0 aliphatic carbocycles. The smallest absolute Gasteiger partial charge is 0.0561 e. The molecule has 1 N–H and O–H groups in total. The normalized spacial score (nSPS) is 15.2. The summed E-state index contributed by atoms with van der Waals surface area (Å²) in [4.78, 5) is 1.28. The average molecular weight is 246 g/mol. The number of thiophene rings is 1. The molecular formula is C12H20ClNS. The van der Waals surface area contributed by atoms with Crippen LogP contribution in [0.25, 0.3) is 0 Å². The maximum absolute atomic E-state index is 6.14. The molecule has 0 aliphatic heterocycles. The summed E-state index contributed by atoms with van der Waals surface area (Å²) in [6.45, 7) is 4.55. The van der Waals surface area contributed by atoms with Crippen LogP contribution in [-0.2, 0) is 0 Å². The van der Waals surface area contributed by atoms with E-state index < -0.39 is 0 Å². The minimum Gasteiger partial charge on any atom is -0.312 e. The highest BCUT2D eigenvalue weighted by Gasteiger charge is 2.16. The van der Waals surface area contributed by atoms with Crippen LogP contribution in [0.1, 0.15) is 44.0 Å². The molecule has 0 saturated heterocycles. The number of nitrogens with one attached hydrogen (secondary N) is 1. The third-order valence-electron chi connectivity index (χ3n) is 2.73. The van der Waals surface area contributed by atoms with E-state index in [1.165, 1.54) is 24.1 Å². The van der Waals surface area contributed by atoms with Crippen molar-refractivity contribution in [2.45, 2.75) is 39.2 Å². The van der Waals surface area contributed by atoms with Crippen LogP contribution < -0.4 is 5.32 Å². The molecule has 3 heteroatoms. The molecule has 15 heavy (non-hydrogen) atoms. The van der Waals surface area contributed by atoms with Crippen LogP contribution in [0.3, 0.4) is 0 Å². The van der Waals surface area contributed by atoms with E-state index in [0.717, 1.165) is 10.9 Å². The molecule has 0 aliphatic rings. The molecule has 0 amide bonds. The van der Waals surface area contributed by atoms with E-state index in [9.17, 15) is 0 Å². The van der Waals surface area contributed by atoms with E-state index in [2.05, 4.69) is 24.5 Å². The Bertz CT molecular complexity index is 285. The van der Waals surface area contributed by atoms with Gasteiger partial charge < -0.3 is 5.32 Å². The summed E-state index contributed by atoms with van der Waals surface area (Å²) in [5, 5.41) is 6.33. The summed E-state index contributed by atoms with van der Waals surface area (Å²) in [5.74, 6) is 0.755. The molecule has 1 rings (SSSR count). The van der Waals surface area contributed by atoms with Gasteiger partial charge in [-0.1, -0.05) is 38.3 Å². The fourth-order valence-electron chi connectivity index (χ4n) is 1.92. The molecule has 0 bridgehead atoms. The molecule has 0 spiro atoms. The summed E-state index contributed by atoms with van der Waals surface area (Å²) in [6.07, 6.45) is 3.72. The zero-order chi connectivity index (χ0) is 11.3. The van der Waals surface area contributed by atoms with Crippen molar-refractivity contribution in [3.63, 3.8) is 0 Å². The second-order valence-corrected chi connectivity index (χ2v) is 5.46. The Hall–Kier alpha value is -0.0500. The standard InChI is InChI=1S/C12H20ClNS/c1-4-5-9(2)8-11(14-3)12-10(13)6-7-15-12/h6-7,9,11,14H,4-5,8H2,1-3H3. The van der Waals surface area contributed by atoms with Gasteiger partial charge in [0.25, 0.3) is 0 Å². The van der Waals surface area contributed by atoms with Crippen LogP contribution in [0.2, 0.25) is 5.02 Å². The third-order valence-corrected chi connectivity index (χ3v) is 4.20.